The third-order valence-electron chi connectivity index (χ3n) is 3.59. The van der Waals surface area contributed by atoms with E-state index >= 15 is 0 Å². The minimum absolute atomic E-state index is 0.241. The first-order valence-corrected chi connectivity index (χ1v) is 8.76. The minimum Gasteiger partial charge on any atom is -0.493 e. The fourth-order valence-electron chi connectivity index (χ4n) is 2.26. The van der Waals surface area contributed by atoms with Crippen molar-refractivity contribution in [3.8, 4) is 5.75 Å². The van der Waals surface area contributed by atoms with Crippen molar-refractivity contribution >= 4 is 28.9 Å². The van der Waals surface area contributed by atoms with Crippen LogP contribution in [-0.4, -0.2) is 22.6 Å². The molecular weight excluding hydrogens is 334 g/mol. The first kappa shape index (κ1) is 18.9. The first-order valence-electron chi connectivity index (χ1n) is 8.36. The molecule has 0 fully saturated rings. The van der Waals surface area contributed by atoms with Crippen LogP contribution in [0.4, 0.5) is 5.69 Å². The number of carbonyl (C=O) groups is 1. The maximum Gasteiger partial charge on any atom is 0.258 e. The van der Waals surface area contributed by atoms with E-state index < -0.39 is 0 Å². The molecular formula is C19H23N3O2S. The molecule has 1 heterocycles. The maximum absolute atomic E-state index is 12.0. The summed E-state index contributed by atoms with van der Waals surface area (Å²) in [6.45, 7) is 4.88. The molecule has 5 nitrogen and oxygen atoms in total. The number of benzene rings is 1. The van der Waals surface area contributed by atoms with Crippen LogP contribution in [0, 0.1) is 6.92 Å². The molecule has 132 valence electrons. The summed E-state index contributed by atoms with van der Waals surface area (Å²) in [4.78, 5) is 16.0. The van der Waals surface area contributed by atoms with Gasteiger partial charge in [0.2, 0.25) is 0 Å². The number of aryl methyl sites for hydroxylation is 1. The molecule has 2 aromatic rings. The van der Waals surface area contributed by atoms with Crippen LogP contribution in [0.1, 0.15) is 42.1 Å². The van der Waals surface area contributed by atoms with Gasteiger partial charge < -0.3 is 10.1 Å². The summed E-state index contributed by atoms with van der Waals surface area (Å²) < 4.78 is 5.78. The number of carbonyl (C=O) groups excluding carboxylic acids is 1. The SMILES string of the molecule is CCCCCOc1ccc(NC(=S)NC(=O)c2cccnc2)cc1C. The number of ether oxygens (including phenoxy) is 1. The number of unbranched alkanes of at least 4 members (excludes halogenated alkanes) is 2. The molecule has 0 saturated carbocycles. The average molecular weight is 357 g/mol. The van der Waals surface area contributed by atoms with Crippen LogP contribution >= 0.6 is 12.2 Å². The molecule has 0 aliphatic rings. The van der Waals surface area contributed by atoms with Gasteiger partial charge in [-0.1, -0.05) is 19.8 Å². The Balaban J connectivity index is 1.88. The van der Waals surface area contributed by atoms with Crippen LogP contribution in [0.2, 0.25) is 0 Å². The van der Waals surface area contributed by atoms with E-state index in [2.05, 4.69) is 22.5 Å². The smallest absolute Gasteiger partial charge is 0.258 e. The van der Waals surface area contributed by atoms with Gasteiger partial charge >= 0.3 is 0 Å². The monoisotopic (exact) mass is 357 g/mol. The van der Waals surface area contributed by atoms with Crippen molar-refractivity contribution in [3.63, 3.8) is 0 Å². The summed E-state index contributed by atoms with van der Waals surface area (Å²) in [6, 6.07) is 9.12. The molecule has 0 bridgehead atoms. The van der Waals surface area contributed by atoms with Crippen LogP contribution in [0.3, 0.4) is 0 Å². The molecule has 25 heavy (non-hydrogen) atoms. The van der Waals surface area contributed by atoms with Gasteiger partial charge in [0.15, 0.2) is 5.11 Å². The Kier molecular flexibility index (Phi) is 7.35. The van der Waals surface area contributed by atoms with Crippen LogP contribution in [0.25, 0.3) is 0 Å². The summed E-state index contributed by atoms with van der Waals surface area (Å²) >= 11 is 5.19. The molecule has 2 N–H and O–H groups in total. The highest BCUT2D eigenvalue weighted by molar-refractivity contribution is 7.80. The van der Waals surface area contributed by atoms with E-state index in [1.807, 2.05) is 25.1 Å². The zero-order valence-corrected chi connectivity index (χ0v) is 15.4. The van der Waals surface area contributed by atoms with Crippen molar-refractivity contribution in [2.75, 3.05) is 11.9 Å². The summed E-state index contributed by atoms with van der Waals surface area (Å²) in [5.74, 6) is 0.574. The highest BCUT2D eigenvalue weighted by atomic mass is 32.1. The number of thiocarbonyl (C=S) groups is 1. The summed E-state index contributed by atoms with van der Waals surface area (Å²) in [7, 11) is 0. The zero-order chi connectivity index (χ0) is 18.1. The van der Waals surface area contributed by atoms with Crippen LogP contribution in [0.5, 0.6) is 5.75 Å². The van der Waals surface area contributed by atoms with Gasteiger partial charge in [0.25, 0.3) is 5.91 Å². The lowest BCUT2D eigenvalue weighted by atomic mass is 10.2. The summed E-state index contributed by atoms with van der Waals surface area (Å²) in [5, 5.41) is 5.89. The normalized spacial score (nSPS) is 10.2. The van der Waals surface area contributed by atoms with Gasteiger partial charge in [-0.2, -0.15) is 0 Å². The fourth-order valence-corrected chi connectivity index (χ4v) is 2.47. The van der Waals surface area contributed by atoms with Gasteiger partial charge in [0, 0.05) is 18.1 Å². The van der Waals surface area contributed by atoms with Gasteiger partial charge in [-0.05, 0) is 61.5 Å². The van der Waals surface area contributed by atoms with Gasteiger partial charge in [-0.15, -0.1) is 0 Å². The molecule has 1 aromatic carbocycles. The molecule has 1 aromatic heterocycles. The van der Waals surface area contributed by atoms with Crippen molar-refractivity contribution in [2.45, 2.75) is 33.1 Å². The number of amides is 1. The third kappa shape index (κ3) is 6.15. The van der Waals surface area contributed by atoms with Crippen LogP contribution in [0.15, 0.2) is 42.7 Å². The molecule has 0 atom stereocenters. The number of aromatic nitrogens is 1. The summed E-state index contributed by atoms with van der Waals surface area (Å²) in [5.41, 5.74) is 2.27. The van der Waals surface area contributed by atoms with E-state index in [1.165, 1.54) is 19.0 Å². The minimum atomic E-state index is -0.293. The van der Waals surface area contributed by atoms with Crippen molar-refractivity contribution < 1.29 is 9.53 Å². The van der Waals surface area contributed by atoms with E-state index in [4.69, 9.17) is 17.0 Å². The standard InChI is InChI=1S/C19H23N3O2S/c1-3-4-5-11-24-17-9-8-16(12-14(17)2)21-19(25)22-18(23)15-7-6-10-20-13-15/h6-10,12-13H,3-5,11H2,1-2H3,(H2,21,22,23,25). The fraction of sp³-hybridized carbons (Fsp3) is 0.316. The Morgan fingerprint density at radius 1 is 1.28 bits per heavy atom. The highest BCUT2D eigenvalue weighted by Gasteiger charge is 2.08. The second-order valence-corrected chi connectivity index (χ2v) is 6.09. The first-order chi connectivity index (χ1) is 12.1. The number of hydrogen-bond donors (Lipinski definition) is 2. The lowest BCUT2D eigenvalue weighted by Crippen LogP contribution is -2.34. The quantitative estimate of drug-likeness (QED) is 0.577. The predicted molar refractivity (Wildman–Crippen MR) is 104 cm³/mol. The number of nitrogens with one attached hydrogen (secondary N) is 2. The largest absolute Gasteiger partial charge is 0.493 e. The maximum atomic E-state index is 12.0. The van der Waals surface area contributed by atoms with Gasteiger partial charge in [-0.3, -0.25) is 15.1 Å². The van der Waals surface area contributed by atoms with Crippen molar-refractivity contribution in [2.24, 2.45) is 0 Å². The van der Waals surface area contributed by atoms with Crippen molar-refractivity contribution in [1.29, 1.82) is 0 Å². The average Bonchev–Trinajstić information content (AvgIpc) is 2.61. The highest BCUT2D eigenvalue weighted by Crippen LogP contribution is 2.22. The number of pyridine rings is 1. The molecule has 0 aliphatic heterocycles. The Labute approximate surface area is 153 Å². The van der Waals surface area contributed by atoms with Crippen LogP contribution < -0.4 is 15.4 Å². The molecule has 6 heteroatoms. The Morgan fingerprint density at radius 2 is 2.12 bits per heavy atom. The van der Waals surface area contributed by atoms with Crippen molar-refractivity contribution in [1.82, 2.24) is 10.3 Å². The molecule has 0 radical (unpaired) electrons. The van der Waals surface area contributed by atoms with Crippen molar-refractivity contribution in [3.05, 3.63) is 53.9 Å². The second-order valence-electron chi connectivity index (χ2n) is 5.69. The van der Waals surface area contributed by atoms with E-state index in [0.29, 0.717) is 5.56 Å². The molecule has 1 amide bonds. The van der Waals surface area contributed by atoms with Gasteiger partial charge in [-0.25, -0.2) is 0 Å². The number of anilines is 1. The van der Waals surface area contributed by atoms with Gasteiger partial charge in [0.05, 0.1) is 12.2 Å². The second kappa shape index (κ2) is 9.74. The van der Waals surface area contributed by atoms with E-state index in [0.717, 1.165) is 30.0 Å². The lowest BCUT2D eigenvalue weighted by molar-refractivity contribution is 0.0977. The summed E-state index contributed by atoms with van der Waals surface area (Å²) in [6.07, 6.45) is 6.51. The molecule has 2 rings (SSSR count). The molecule has 0 saturated heterocycles. The Bertz CT molecular complexity index is 720. The van der Waals surface area contributed by atoms with E-state index in [-0.39, 0.29) is 11.0 Å². The Morgan fingerprint density at radius 3 is 2.80 bits per heavy atom. The number of rotatable bonds is 7. The molecule has 0 unspecified atom stereocenters. The third-order valence-corrected chi connectivity index (χ3v) is 3.79. The molecule has 0 spiro atoms. The van der Waals surface area contributed by atoms with E-state index in [1.54, 1.807) is 18.3 Å². The van der Waals surface area contributed by atoms with E-state index in [9.17, 15) is 4.79 Å². The number of nitrogens with zero attached hydrogens (tertiary/aromatic N) is 1. The Hall–Kier alpha value is -2.47. The van der Waals surface area contributed by atoms with Crippen LogP contribution in [-0.2, 0) is 0 Å². The van der Waals surface area contributed by atoms with Gasteiger partial charge in [0.1, 0.15) is 5.75 Å². The lowest BCUT2D eigenvalue weighted by Gasteiger charge is -2.13. The molecule has 0 aliphatic carbocycles. The number of hydrogen-bond acceptors (Lipinski definition) is 4. The predicted octanol–water partition coefficient (Wildman–Crippen LogP) is 4.09. The topological polar surface area (TPSA) is 63.2 Å². The zero-order valence-electron chi connectivity index (χ0n) is 14.5.